The highest BCUT2D eigenvalue weighted by atomic mass is 35.5. The van der Waals surface area contributed by atoms with E-state index < -0.39 is 5.97 Å². The van der Waals surface area contributed by atoms with Crippen molar-refractivity contribution in [1.29, 1.82) is 0 Å². The molecule has 0 aliphatic carbocycles. The number of nitrogens with zero attached hydrogens (tertiary/aromatic N) is 3. The van der Waals surface area contributed by atoms with Crippen LogP contribution in [0.1, 0.15) is 28.4 Å². The number of halogens is 1. The molecule has 0 aliphatic rings. The third-order valence-corrected chi connectivity index (χ3v) is 3.75. The van der Waals surface area contributed by atoms with Gasteiger partial charge in [-0.05, 0) is 44.0 Å². The minimum absolute atomic E-state index is 0.316. The Morgan fingerprint density at radius 3 is 2.71 bits per heavy atom. The molecule has 126 valence electrons. The number of hydrogen-bond donors (Lipinski definition) is 0. The van der Waals surface area contributed by atoms with Gasteiger partial charge < -0.3 is 9.64 Å². The van der Waals surface area contributed by atoms with Gasteiger partial charge in [0.05, 0.1) is 28.8 Å². The molecule has 0 bridgehead atoms. The van der Waals surface area contributed by atoms with E-state index in [1.54, 1.807) is 18.5 Å². The molecule has 5 nitrogen and oxygen atoms in total. The first-order chi connectivity index (χ1) is 11.4. The van der Waals surface area contributed by atoms with Gasteiger partial charge in [-0.3, -0.25) is 4.98 Å². The Bertz CT molecular complexity index is 775. The van der Waals surface area contributed by atoms with Crippen LogP contribution in [0.3, 0.4) is 0 Å². The average molecular weight is 346 g/mol. The predicted octanol–water partition coefficient (Wildman–Crippen LogP) is 4.18. The zero-order valence-electron chi connectivity index (χ0n) is 14.2. The number of pyridine rings is 1. The minimum Gasteiger partial charge on any atom is -0.421 e. The molecular formula is C18H20ClN3O2. The number of ether oxygens (including phenoxy) is 1. The lowest BCUT2D eigenvalue weighted by atomic mass is 10.0. The third kappa shape index (κ3) is 4.55. The summed E-state index contributed by atoms with van der Waals surface area (Å²) >= 11 is 5.85. The molecule has 1 heterocycles. The van der Waals surface area contributed by atoms with Gasteiger partial charge in [0.25, 0.3) is 0 Å². The van der Waals surface area contributed by atoms with E-state index in [4.69, 9.17) is 16.3 Å². The minimum atomic E-state index is -0.444. The molecule has 0 unspecified atom stereocenters. The van der Waals surface area contributed by atoms with Gasteiger partial charge in [-0.2, -0.15) is 0 Å². The van der Waals surface area contributed by atoms with Crippen molar-refractivity contribution in [3.63, 3.8) is 0 Å². The standard InChI is InChI=1S/C18H20ClN3O2/c1-5-22(4)11-21-17-7-12(2)16(6-13(17)3)18(23)24-15-8-14(19)9-20-10-15/h6-11H,5H2,1-4H3/b21-11+. The number of aliphatic imine (C=N–C) groups is 1. The molecule has 1 aromatic heterocycles. The lowest BCUT2D eigenvalue weighted by Crippen LogP contribution is -2.14. The van der Waals surface area contributed by atoms with Crippen LogP contribution in [0.4, 0.5) is 5.69 Å². The van der Waals surface area contributed by atoms with Gasteiger partial charge in [0, 0.05) is 25.9 Å². The van der Waals surface area contributed by atoms with Crippen LogP contribution in [0.5, 0.6) is 5.75 Å². The zero-order chi connectivity index (χ0) is 17.7. The Kier molecular flexibility index (Phi) is 5.93. The molecule has 0 fully saturated rings. The van der Waals surface area contributed by atoms with Crippen LogP contribution in [0, 0.1) is 13.8 Å². The van der Waals surface area contributed by atoms with E-state index in [1.807, 2.05) is 38.8 Å². The maximum Gasteiger partial charge on any atom is 0.343 e. The summed E-state index contributed by atoms with van der Waals surface area (Å²) in [5.41, 5.74) is 3.02. The lowest BCUT2D eigenvalue weighted by Gasteiger charge is -2.11. The highest BCUT2D eigenvalue weighted by Crippen LogP contribution is 2.25. The van der Waals surface area contributed by atoms with E-state index >= 15 is 0 Å². The molecule has 2 aromatic rings. The number of carbonyl (C=O) groups is 1. The Morgan fingerprint density at radius 1 is 1.29 bits per heavy atom. The number of esters is 1. The first-order valence-corrected chi connectivity index (χ1v) is 7.97. The molecule has 0 amide bonds. The number of benzene rings is 1. The fraction of sp³-hybridized carbons (Fsp3) is 0.278. The fourth-order valence-electron chi connectivity index (χ4n) is 2.01. The van der Waals surface area contributed by atoms with Crippen molar-refractivity contribution in [2.75, 3.05) is 13.6 Å². The summed E-state index contributed by atoms with van der Waals surface area (Å²) in [6.45, 7) is 6.69. The molecule has 6 heteroatoms. The maximum absolute atomic E-state index is 12.4. The second-order valence-corrected chi connectivity index (χ2v) is 5.94. The van der Waals surface area contributed by atoms with Crippen molar-refractivity contribution in [3.05, 3.63) is 52.3 Å². The van der Waals surface area contributed by atoms with Gasteiger partial charge in [0.2, 0.25) is 0 Å². The van der Waals surface area contributed by atoms with Gasteiger partial charge in [-0.25, -0.2) is 9.79 Å². The Morgan fingerprint density at radius 2 is 2.04 bits per heavy atom. The predicted molar refractivity (Wildman–Crippen MR) is 96.6 cm³/mol. The van der Waals surface area contributed by atoms with Gasteiger partial charge in [0.15, 0.2) is 5.75 Å². The van der Waals surface area contributed by atoms with Crippen molar-refractivity contribution < 1.29 is 9.53 Å². The molecule has 24 heavy (non-hydrogen) atoms. The summed E-state index contributed by atoms with van der Waals surface area (Å²) in [5, 5.41) is 0.415. The summed E-state index contributed by atoms with van der Waals surface area (Å²) in [6.07, 6.45) is 4.71. The SMILES string of the molecule is CCN(C)/C=N/c1cc(C)c(C(=O)Oc2cncc(Cl)c2)cc1C. The average Bonchev–Trinajstić information content (AvgIpc) is 2.54. The maximum atomic E-state index is 12.4. The number of rotatable bonds is 5. The van der Waals surface area contributed by atoms with E-state index in [0.29, 0.717) is 16.3 Å². The van der Waals surface area contributed by atoms with E-state index in [0.717, 1.165) is 23.4 Å². The first-order valence-electron chi connectivity index (χ1n) is 7.59. The highest BCUT2D eigenvalue weighted by Gasteiger charge is 2.14. The molecule has 0 saturated carbocycles. The van der Waals surface area contributed by atoms with E-state index in [1.165, 1.54) is 12.4 Å². The van der Waals surface area contributed by atoms with Crippen LogP contribution < -0.4 is 4.74 Å². The van der Waals surface area contributed by atoms with Crippen LogP contribution in [0.15, 0.2) is 35.6 Å². The van der Waals surface area contributed by atoms with Gasteiger partial charge in [0.1, 0.15) is 0 Å². The van der Waals surface area contributed by atoms with Crippen molar-refractivity contribution in [3.8, 4) is 5.75 Å². The largest absolute Gasteiger partial charge is 0.421 e. The van der Waals surface area contributed by atoms with Crippen LogP contribution >= 0.6 is 11.6 Å². The van der Waals surface area contributed by atoms with Crippen LogP contribution in [0.2, 0.25) is 5.02 Å². The lowest BCUT2D eigenvalue weighted by molar-refractivity contribution is 0.0733. The van der Waals surface area contributed by atoms with Crippen molar-refractivity contribution in [2.45, 2.75) is 20.8 Å². The second kappa shape index (κ2) is 7.93. The van der Waals surface area contributed by atoms with Gasteiger partial charge in [-0.15, -0.1) is 0 Å². The smallest absolute Gasteiger partial charge is 0.343 e. The topological polar surface area (TPSA) is 54.8 Å². The second-order valence-electron chi connectivity index (χ2n) is 5.50. The zero-order valence-corrected chi connectivity index (χ0v) is 15.0. The molecule has 0 N–H and O–H groups in total. The van der Waals surface area contributed by atoms with Crippen LogP contribution in [0.25, 0.3) is 0 Å². The number of carbonyl (C=O) groups excluding carboxylic acids is 1. The quantitative estimate of drug-likeness (QED) is 0.463. The van der Waals surface area contributed by atoms with Gasteiger partial charge >= 0.3 is 5.97 Å². The van der Waals surface area contributed by atoms with Crippen LogP contribution in [-0.2, 0) is 0 Å². The van der Waals surface area contributed by atoms with Crippen molar-refractivity contribution in [2.24, 2.45) is 4.99 Å². The van der Waals surface area contributed by atoms with E-state index in [9.17, 15) is 4.79 Å². The summed E-state index contributed by atoms with van der Waals surface area (Å²) in [7, 11) is 1.95. The summed E-state index contributed by atoms with van der Waals surface area (Å²) < 4.78 is 5.34. The molecule has 0 aliphatic heterocycles. The molecule has 0 spiro atoms. The molecule has 1 aromatic carbocycles. The van der Waals surface area contributed by atoms with Crippen LogP contribution in [-0.4, -0.2) is 35.8 Å². The van der Waals surface area contributed by atoms with Crippen molar-refractivity contribution >= 4 is 29.6 Å². The number of aromatic nitrogens is 1. The number of hydrogen-bond acceptors (Lipinski definition) is 4. The monoisotopic (exact) mass is 345 g/mol. The number of aryl methyl sites for hydroxylation is 2. The third-order valence-electron chi connectivity index (χ3n) is 3.55. The molecule has 2 rings (SSSR count). The molecule has 0 atom stereocenters. The Balaban J connectivity index is 2.23. The summed E-state index contributed by atoms with van der Waals surface area (Å²) in [6, 6.07) is 5.21. The highest BCUT2D eigenvalue weighted by molar-refractivity contribution is 6.30. The first kappa shape index (κ1) is 17.9. The molecule has 0 radical (unpaired) electrons. The fourth-order valence-corrected chi connectivity index (χ4v) is 2.18. The van der Waals surface area contributed by atoms with Crippen molar-refractivity contribution in [1.82, 2.24) is 9.88 Å². The Hall–Kier alpha value is -2.40. The normalized spacial score (nSPS) is 10.9. The summed E-state index contributed by atoms with van der Waals surface area (Å²) in [5.74, 6) is -0.128. The summed E-state index contributed by atoms with van der Waals surface area (Å²) in [4.78, 5) is 22.7. The molecular weight excluding hydrogens is 326 g/mol. The van der Waals surface area contributed by atoms with E-state index in [-0.39, 0.29) is 0 Å². The van der Waals surface area contributed by atoms with Gasteiger partial charge in [-0.1, -0.05) is 11.6 Å². The molecule has 0 saturated heterocycles. The van der Waals surface area contributed by atoms with E-state index in [2.05, 4.69) is 9.98 Å². The Labute approximate surface area is 146 Å².